The van der Waals surface area contributed by atoms with Crippen molar-refractivity contribution in [2.24, 2.45) is 13.0 Å². The number of rotatable bonds is 3. The highest BCUT2D eigenvalue weighted by atomic mass is 16.5. The third kappa shape index (κ3) is 2.09. The van der Waals surface area contributed by atoms with E-state index in [-0.39, 0.29) is 29.9 Å². The van der Waals surface area contributed by atoms with E-state index in [4.69, 9.17) is 4.74 Å². The molecule has 1 saturated carbocycles. The molecule has 0 N–H and O–H groups in total. The number of esters is 1. The van der Waals surface area contributed by atoms with Gasteiger partial charge in [0, 0.05) is 25.7 Å². The summed E-state index contributed by atoms with van der Waals surface area (Å²) in [6.45, 7) is 0. The molecule has 1 aromatic heterocycles. The van der Waals surface area contributed by atoms with E-state index in [0.29, 0.717) is 12.8 Å². The lowest BCUT2D eigenvalue weighted by Crippen LogP contribution is -2.47. The van der Waals surface area contributed by atoms with E-state index in [2.05, 4.69) is 5.10 Å². The minimum atomic E-state index is -0.298. The summed E-state index contributed by atoms with van der Waals surface area (Å²) in [5, 5.41) is 4.18. The topological polar surface area (TPSA) is 64.4 Å². The van der Waals surface area contributed by atoms with Crippen LogP contribution in [0.2, 0.25) is 0 Å². The van der Waals surface area contributed by atoms with Gasteiger partial charge in [-0.1, -0.05) is 0 Å². The monoisotopic (exact) mass is 277 g/mol. The zero-order valence-electron chi connectivity index (χ0n) is 11.8. The number of ether oxygens (including phenoxy) is 1. The Morgan fingerprint density at radius 3 is 2.70 bits per heavy atom. The fourth-order valence-electron chi connectivity index (χ4n) is 3.12. The van der Waals surface area contributed by atoms with Crippen LogP contribution in [0.5, 0.6) is 0 Å². The molecule has 1 amide bonds. The molecule has 6 nitrogen and oxygen atoms in total. The molecule has 1 aromatic rings. The highest BCUT2D eigenvalue weighted by molar-refractivity contribution is 5.82. The van der Waals surface area contributed by atoms with E-state index in [1.54, 1.807) is 10.9 Å². The quantitative estimate of drug-likeness (QED) is 0.774. The molecule has 2 atom stereocenters. The molecule has 3 rings (SSSR count). The lowest BCUT2D eigenvalue weighted by atomic mass is 9.86. The van der Waals surface area contributed by atoms with Gasteiger partial charge in [-0.2, -0.15) is 5.10 Å². The summed E-state index contributed by atoms with van der Waals surface area (Å²) >= 11 is 0. The molecule has 6 heteroatoms. The summed E-state index contributed by atoms with van der Waals surface area (Å²) in [5.74, 6) is -0.401. The number of nitrogens with zero attached hydrogens (tertiary/aromatic N) is 3. The van der Waals surface area contributed by atoms with Gasteiger partial charge in [-0.15, -0.1) is 0 Å². The second-order valence-electron chi connectivity index (χ2n) is 5.53. The van der Waals surface area contributed by atoms with Crippen LogP contribution in [0.1, 0.15) is 37.4 Å². The SMILES string of the molecule is COC(=O)[C@@H]1CCC(=O)N(C2CC2)[C@H]1c1ccnn1C. The van der Waals surface area contributed by atoms with Crippen molar-refractivity contribution in [3.63, 3.8) is 0 Å². The number of carbonyl (C=O) groups excluding carboxylic acids is 2. The second kappa shape index (κ2) is 4.92. The Morgan fingerprint density at radius 1 is 1.40 bits per heavy atom. The van der Waals surface area contributed by atoms with Crippen molar-refractivity contribution in [3.8, 4) is 0 Å². The number of carbonyl (C=O) groups is 2. The van der Waals surface area contributed by atoms with E-state index in [0.717, 1.165) is 18.5 Å². The van der Waals surface area contributed by atoms with Crippen LogP contribution in [0, 0.1) is 5.92 Å². The van der Waals surface area contributed by atoms with Crippen molar-refractivity contribution < 1.29 is 14.3 Å². The number of aromatic nitrogens is 2. The molecule has 1 saturated heterocycles. The summed E-state index contributed by atoms with van der Waals surface area (Å²) in [4.78, 5) is 26.3. The van der Waals surface area contributed by atoms with Crippen molar-refractivity contribution in [2.75, 3.05) is 7.11 Å². The van der Waals surface area contributed by atoms with E-state index in [9.17, 15) is 9.59 Å². The van der Waals surface area contributed by atoms with Crippen LogP contribution in [-0.2, 0) is 21.4 Å². The van der Waals surface area contributed by atoms with Crippen LogP contribution in [0.4, 0.5) is 0 Å². The first-order valence-electron chi connectivity index (χ1n) is 7.00. The van der Waals surface area contributed by atoms with Gasteiger partial charge >= 0.3 is 5.97 Å². The molecule has 0 unspecified atom stereocenters. The second-order valence-corrected chi connectivity index (χ2v) is 5.53. The summed E-state index contributed by atoms with van der Waals surface area (Å²) in [7, 11) is 3.24. The van der Waals surface area contributed by atoms with Gasteiger partial charge in [-0.25, -0.2) is 0 Å². The van der Waals surface area contributed by atoms with Crippen molar-refractivity contribution in [2.45, 2.75) is 37.8 Å². The third-order valence-corrected chi connectivity index (χ3v) is 4.24. The van der Waals surface area contributed by atoms with Gasteiger partial charge in [-0.3, -0.25) is 14.3 Å². The van der Waals surface area contributed by atoms with Gasteiger partial charge in [0.2, 0.25) is 5.91 Å². The third-order valence-electron chi connectivity index (χ3n) is 4.24. The molecular weight excluding hydrogens is 258 g/mol. The number of hydrogen-bond donors (Lipinski definition) is 0. The van der Waals surface area contributed by atoms with Gasteiger partial charge in [0.15, 0.2) is 0 Å². The predicted octanol–water partition coefficient (Wildman–Crippen LogP) is 1.04. The first kappa shape index (κ1) is 13.1. The Morgan fingerprint density at radius 2 is 2.15 bits per heavy atom. The fourth-order valence-corrected chi connectivity index (χ4v) is 3.12. The average molecular weight is 277 g/mol. The minimum absolute atomic E-state index is 0.138. The molecule has 0 aromatic carbocycles. The highest BCUT2D eigenvalue weighted by Gasteiger charge is 2.47. The number of hydrogen-bond acceptors (Lipinski definition) is 4. The maximum absolute atomic E-state index is 12.3. The van der Waals surface area contributed by atoms with Crippen molar-refractivity contribution >= 4 is 11.9 Å². The fraction of sp³-hybridized carbons (Fsp3) is 0.643. The molecular formula is C14H19N3O3. The van der Waals surface area contributed by atoms with Crippen molar-refractivity contribution in [1.29, 1.82) is 0 Å². The van der Waals surface area contributed by atoms with E-state index in [1.807, 2.05) is 18.0 Å². The Labute approximate surface area is 117 Å². The maximum atomic E-state index is 12.3. The van der Waals surface area contributed by atoms with E-state index in [1.165, 1.54) is 7.11 Å². The standard InChI is InChI=1S/C14H19N3O3/c1-16-11(7-8-15-16)13-10(14(19)20-2)5-6-12(18)17(13)9-3-4-9/h7-10,13H,3-6H2,1-2H3/t10-,13-/m1/s1. The van der Waals surface area contributed by atoms with Crippen LogP contribution in [0.15, 0.2) is 12.3 Å². The molecule has 2 heterocycles. The first-order valence-corrected chi connectivity index (χ1v) is 7.00. The predicted molar refractivity (Wildman–Crippen MR) is 70.6 cm³/mol. The largest absolute Gasteiger partial charge is 0.469 e. The molecule has 0 bridgehead atoms. The lowest BCUT2D eigenvalue weighted by molar-refractivity contribution is -0.155. The summed E-state index contributed by atoms with van der Waals surface area (Å²) < 4.78 is 6.68. The molecule has 108 valence electrons. The highest BCUT2D eigenvalue weighted by Crippen LogP contribution is 2.43. The normalized spacial score (nSPS) is 26.7. The Kier molecular flexibility index (Phi) is 3.23. The lowest BCUT2D eigenvalue weighted by Gasteiger charge is -2.40. The number of amides is 1. The summed E-state index contributed by atoms with van der Waals surface area (Å²) in [6.07, 6.45) is 4.71. The molecule has 1 aliphatic heterocycles. The van der Waals surface area contributed by atoms with E-state index >= 15 is 0 Å². The molecule has 0 radical (unpaired) electrons. The zero-order valence-corrected chi connectivity index (χ0v) is 11.8. The van der Waals surface area contributed by atoms with Crippen molar-refractivity contribution in [3.05, 3.63) is 18.0 Å². The molecule has 1 aliphatic carbocycles. The van der Waals surface area contributed by atoms with Crippen LogP contribution >= 0.6 is 0 Å². The van der Waals surface area contributed by atoms with Crippen molar-refractivity contribution in [1.82, 2.24) is 14.7 Å². The van der Waals surface area contributed by atoms with Gasteiger partial charge in [-0.05, 0) is 25.3 Å². The molecule has 0 spiro atoms. The van der Waals surface area contributed by atoms with Crippen LogP contribution < -0.4 is 0 Å². The maximum Gasteiger partial charge on any atom is 0.311 e. The van der Waals surface area contributed by atoms with Crippen LogP contribution in [0.25, 0.3) is 0 Å². The Balaban J connectivity index is 2.00. The van der Waals surface area contributed by atoms with Gasteiger partial charge < -0.3 is 9.64 Å². The zero-order chi connectivity index (χ0) is 14.3. The Bertz CT molecular complexity index is 536. The Hall–Kier alpha value is -1.85. The molecule has 2 aliphatic rings. The van der Waals surface area contributed by atoms with E-state index < -0.39 is 0 Å². The summed E-state index contributed by atoms with van der Waals surface area (Å²) in [5.41, 5.74) is 0.903. The smallest absolute Gasteiger partial charge is 0.311 e. The number of likely N-dealkylation sites (tertiary alicyclic amines) is 1. The number of aryl methyl sites for hydroxylation is 1. The van der Waals surface area contributed by atoms with Crippen LogP contribution in [-0.4, -0.2) is 39.7 Å². The van der Waals surface area contributed by atoms with Crippen LogP contribution in [0.3, 0.4) is 0 Å². The van der Waals surface area contributed by atoms with Gasteiger partial charge in [0.05, 0.1) is 24.8 Å². The summed E-state index contributed by atoms with van der Waals surface area (Å²) in [6, 6.07) is 1.91. The first-order chi connectivity index (χ1) is 9.63. The minimum Gasteiger partial charge on any atom is -0.469 e. The molecule has 20 heavy (non-hydrogen) atoms. The van der Waals surface area contributed by atoms with Gasteiger partial charge in [0.1, 0.15) is 0 Å². The number of piperidine rings is 1. The average Bonchev–Trinajstić information content (AvgIpc) is 3.19. The van der Waals surface area contributed by atoms with Gasteiger partial charge in [0.25, 0.3) is 0 Å². The molecule has 2 fully saturated rings. The number of methoxy groups -OCH3 is 1.